The summed E-state index contributed by atoms with van der Waals surface area (Å²) in [5.74, 6) is 0. The lowest BCUT2D eigenvalue weighted by atomic mass is 10.1. The van der Waals surface area contributed by atoms with Crippen LogP contribution in [0.1, 0.15) is 0 Å². The zero-order valence-electron chi connectivity index (χ0n) is 10.4. The van der Waals surface area contributed by atoms with Gasteiger partial charge >= 0.3 is 0 Å². The van der Waals surface area contributed by atoms with E-state index < -0.39 is 9.84 Å². The summed E-state index contributed by atoms with van der Waals surface area (Å²) >= 11 is 0. The maximum atomic E-state index is 12.0. The van der Waals surface area contributed by atoms with Crippen molar-refractivity contribution >= 4 is 26.3 Å². The van der Waals surface area contributed by atoms with Crippen LogP contribution in [0.15, 0.2) is 53.3 Å². The molecular weight excluding hydrogens is 246 g/mol. The molecule has 3 nitrogen and oxygen atoms in total. The molecule has 0 spiro atoms. The molecule has 0 aliphatic heterocycles. The number of rotatable bonds is 3. The first-order valence-corrected chi connectivity index (χ1v) is 7.08. The lowest BCUT2D eigenvalue weighted by Gasteiger charge is -2.16. The molecule has 2 aromatic carbocycles. The van der Waals surface area contributed by atoms with Gasteiger partial charge in [-0.05, 0) is 12.1 Å². The molecule has 94 valence electrons. The van der Waals surface area contributed by atoms with Crippen molar-refractivity contribution in [3.05, 3.63) is 48.4 Å². The molecule has 0 saturated heterocycles. The van der Waals surface area contributed by atoms with Crippen LogP contribution in [-0.2, 0) is 9.84 Å². The van der Waals surface area contributed by atoms with Gasteiger partial charge in [0.15, 0.2) is 9.84 Å². The van der Waals surface area contributed by atoms with Gasteiger partial charge in [-0.25, -0.2) is 8.42 Å². The highest BCUT2D eigenvalue weighted by atomic mass is 32.2. The van der Waals surface area contributed by atoms with Gasteiger partial charge in [0.1, 0.15) is 0 Å². The molecular formula is C14H15NO2S. The Morgan fingerprint density at radius 1 is 1.06 bits per heavy atom. The maximum absolute atomic E-state index is 12.0. The average molecular weight is 261 g/mol. The number of hydrogen-bond acceptors (Lipinski definition) is 3. The van der Waals surface area contributed by atoms with Crippen LogP contribution in [-0.4, -0.2) is 22.5 Å². The molecule has 0 aliphatic rings. The minimum absolute atomic E-state index is 0.304. The van der Waals surface area contributed by atoms with Crippen molar-refractivity contribution < 1.29 is 8.42 Å². The van der Waals surface area contributed by atoms with E-state index in [0.29, 0.717) is 4.90 Å². The Morgan fingerprint density at radius 2 is 1.67 bits per heavy atom. The molecule has 0 N–H and O–H groups in total. The Labute approximate surface area is 107 Å². The van der Waals surface area contributed by atoms with E-state index in [1.165, 1.54) is 0 Å². The molecule has 18 heavy (non-hydrogen) atoms. The van der Waals surface area contributed by atoms with Gasteiger partial charge in [0.05, 0.1) is 4.90 Å². The van der Waals surface area contributed by atoms with Crippen LogP contribution in [0.4, 0.5) is 5.69 Å². The zero-order valence-corrected chi connectivity index (χ0v) is 11.2. The first-order valence-electron chi connectivity index (χ1n) is 5.54. The Morgan fingerprint density at radius 3 is 2.28 bits per heavy atom. The smallest absolute Gasteiger partial charge is 0.199 e. The van der Waals surface area contributed by atoms with Crippen molar-refractivity contribution in [3.63, 3.8) is 0 Å². The summed E-state index contributed by atoms with van der Waals surface area (Å²) < 4.78 is 23.9. The standard InChI is InChI=1S/C14H15NO2S/c1-4-18(16,17)14-10-6-7-11-12(14)8-5-9-13(11)15(2)3/h4-10H,1H2,2-3H3. The van der Waals surface area contributed by atoms with Crippen molar-refractivity contribution in [1.82, 2.24) is 0 Å². The lowest BCUT2D eigenvalue weighted by molar-refractivity contribution is 0.605. The van der Waals surface area contributed by atoms with Gasteiger partial charge in [0, 0.05) is 36.0 Å². The van der Waals surface area contributed by atoms with Gasteiger partial charge in [-0.1, -0.05) is 30.8 Å². The predicted molar refractivity (Wildman–Crippen MR) is 75.7 cm³/mol. The molecule has 2 aromatic rings. The Balaban J connectivity index is 2.88. The SMILES string of the molecule is C=CS(=O)(=O)c1cccc2c(N(C)C)cccc12. The molecule has 0 radical (unpaired) electrons. The number of anilines is 1. The van der Waals surface area contributed by atoms with Gasteiger partial charge in [0.25, 0.3) is 0 Å². The molecule has 0 bridgehead atoms. The molecule has 4 heteroatoms. The van der Waals surface area contributed by atoms with Crippen molar-refractivity contribution in [2.45, 2.75) is 4.90 Å². The Kier molecular flexibility index (Phi) is 3.13. The fraction of sp³-hybridized carbons (Fsp3) is 0.143. The van der Waals surface area contributed by atoms with Crippen LogP contribution >= 0.6 is 0 Å². The molecule has 0 saturated carbocycles. The third-order valence-electron chi connectivity index (χ3n) is 2.87. The highest BCUT2D eigenvalue weighted by Gasteiger charge is 2.14. The summed E-state index contributed by atoms with van der Waals surface area (Å²) in [4.78, 5) is 2.27. The summed E-state index contributed by atoms with van der Waals surface area (Å²) in [6.07, 6.45) is 0. The van der Waals surface area contributed by atoms with Gasteiger partial charge in [-0.3, -0.25) is 0 Å². The largest absolute Gasteiger partial charge is 0.377 e. The second kappa shape index (κ2) is 4.46. The van der Waals surface area contributed by atoms with E-state index in [1.807, 2.05) is 43.3 Å². The quantitative estimate of drug-likeness (QED) is 0.852. The van der Waals surface area contributed by atoms with Crippen molar-refractivity contribution in [2.75, 3.05) is 19.0 Å². The molecule has 0 unspecified atom stereocenters. The number of sulfone groups is 1. The highest BCUT2D eigenvalue weighted by Crippen LogP contribution is 2.30. The minimum atomic E-state index is -3.42. The van der Waals surface area contributed by atoms with E-state index in [4.69, 9.17) is 0 Å². The lowest BCUT2D eigenvalue weighted by Crippen LogP contribution is -2.09. The van der Waals surface area contributed by atoms with Gasteiger partial charge < -0.3 is 4.90 Å². The summed E-state index contributed by atoms with van der Waals surface area (Å²) in [6, 6.07) is 10.9. The van der Waals surface area contributed by atoms with Gasteiger partial charge in [0.2, 0.25) is 0 Å². The monoisotopic (exact) mass is 261 g/mol. The number of nitrogens with zero attached hydrogens (tertiary/aromatic N) is 1. The summed E-state index contributed by atoms with van der Waals surface area (Å²) in [5.41, 5.74) is 0.994. The van der Waals surface area contributed by atoms with Crippen LogP contribution in [0, 0.1) is 0 Å². The predicted octanol–water partition coefficient (Wildman–Crippen LogP) is 2.82. The number of benzene rings is 2. The molecule has 0 aliphatic carbocycles. The normalized spacial score (nSPS) is 11.4. The first kappa shape index (κ1) is 12.6. The number of hydrogen-bond donors (Lipinski definition) is 0. The molecule has 0 fully saturated rings. The minimum Gasteiger partial charge on any atom is -0.377 e. The molecule has 2 rings (SSSR count). The van der Waals surface area contributed by atoms with Crippen LogP contribution in [0.5, 0.6) is 0 Å². The van der Waals surface area contributed by atoms with E-state index in [0.717, 1.165) is 21.9 Å². The fourth-order valence-corrected chi connectivity index (χ4v) is 2.92. The van der Waals surface area contributed by atoms with Crippen LogP contribution in [0.25, 0.3) is 10.8 Å². The van der Waals surface area contributed by atoms with E-state index in [-0.39, 0.29) is 0 Å². The van der Waals surface area contributed by atoms with Gasteiger partial charge in [-0.2, -0.15) is 0 Å². The summed E-state index contributed by atoms with van der Waals surface area (Å²) in [7, 11) is 0.446. The second-order valence-corrected chi connectivity index (χ2v) is 6.10. The fourth-order valence-electron chi connectivity index (χ4n) is 1.99. The zero-order chi connectivity index (χ0) is 13.3. The molecule has 0 heterocycles. The maximum Gasteiger partial charge on any atom is 0.199 e. The van der Waals surface area contributed by atoms with E-state index in [2.05, 4.69) is 6.58 Å². The Bertz CT molecular complexity index is 703. The highest BCUT2D eigenvalue weighted by molar-refractivity contribution is 7.94. The third-order valence-corrected chi connectivity index (χ3v) is 4.27. The van der Waals surface area contributed by atoms with Crippen LogP contribution in [0.3, 0.4) is 0 Å². The second-order valence-electron chi connectivity index (χ2n) is 4.23. The van der Waals surface area contributed by atoms with Crippen molar-refractivity contribution in [2.24, 2.45) is 0 Å². The van der Waals surface area contributed by atoms with E-state index >= 15 is 0 Å². The number of fused-ring (bicyclic) bond motifs is 1. The summed E-state index contributed by atoms with van der Waals surface area (Å²) in [5, 5.41) is 2.64. The van der Waals surface area contributed by atoms with Crippen molar-refractivity contribution in [1.29, 1.82) is 0 Å². The third kappa shape index (κ3) is 1.99. The molecule has 0 aromatic heterocycles. The van der Waals surface area contributed by atoms with E-state index in [9.17, 15) is 8.42 Å². The molecule has 0 atom stereocenters. The summed E-state index contributed by atoms with van der Waals surface area (Å²) in [6.45, 7) is 3.37. The van der Waals surface area contributed by atoms with E-state index in [1.54, 1.807) is 12.1 Å². The van der Waals surface area contributed by atoms with Crippen LogP contribution in [0.2, 0.25) is 0 Å². The Hall–Kier alpha value is -1.81. The topological polar surface area (TPSA) is 37.4 Å². The average Bonchev–Trinajstić information content (AvgIpc) is 2.37. The molecule has 0 amide bonds. The van der Waals surface area contributed by atoms with Crippen LogP contribution < -0.4 is 4.90 Å². The van der Waals surface area contributed by atoms with Crippen molar-refractivity contribution in [3.8, 4) is 0 Å². The van der Waals surface area contributed by atoms with Gasteiger partial charge in [-0.15, -0.1) is 0 Å². The first-order chi connectivity index (χ1) is 8.47.